The van der Waals surface area contributed by atoms with Gasteiger partial charge in [-0.25, -0.2) is 0 Å². The maximum Gasteiger partial charge on any atom is 0.462 e. The van der Waals surface area contributed by atoms with Gasteiger partial charge in [0.25, 0.3) is 30.0 Å². The molecule has 1 aliphatic rings. The van der Waals surface area contributed by atoms with Gasteiger partial charge in [-0.1, -0.05) is 0 Å². The summed E-state index contributed by atoms with van der Waals surface area (Å²) in [5, 5.41) is 0. The van der Waals surface area contributed by atoms with E-state index in [0.717, 1.165) is 0 Å². The molecule has 0 unspecified atom stereocenters. The molecule has 0 atom stereocenters. The summed E-state index contributed by atoms with van der Waals surface area (Å²) in [7, 11) is -4.96. The van der Waals surface area contributed by atoms with Gasteiger partial charge in [-0.2, -0.15) is 0 Å². The van der Waals surface area contributed by atoms with E-state index in [-0.39, 0.29) is 0 Å². The van der Waals surface area contributed by atoms with E-state index in [9.17, 15) is 0 Å². The third-order valence-corrected chi connectivity index (χ3v) is 6.79. The average molecular weight is 200 g/mol. The fraction of sp³-hybridized carbons (Fsp3) is 0. The molecule has 1 N–H and O–H groups in total. The molecule has 1 aliphatic heterocycles. The highest BCUT2D eigenvalue weighted by Crippen LogP contribution is 1.86. The topological polar surface area (TPSA) is 57.2 Å². The largest absolute Gasteiger partial charge is 0.462 e. The summed E-state index contributed by atoms with van der Waals surface area (Å²) in [6.45, 7) is 0. The summed E-state index contributed by atoms with van der Waals surface area (Å²) in [6.07, 6.45) is 0. The fourth-order valence-corrected chi connectivity index (χ4v) is 7.15. The Morgan fingerprint density at radius 1 is 1.00 bits per heavy atom. The van der Waals surface area contributed by atoms with Crippen LogP contribution in [0.25, 0.3) is 0 Å². The quantitative estimate of drug-likeness (QED) is 0.402. The van der Waals surface area contributed by atoms with E-state index >= 15 is 0 Å². The van der Waals surface area contributed by atoms with E-state index in [1.54, 1.807) is 0 Å². The minimum atomic E-state index is -2.27. The molecular weight excluding hydrogens is 192 g/mol. The van der Waals surface area contributed by atoms with Crippen LogP contribution in [0.3, 0.4) is 0 Å². The molecule has 1 saturated heterocycles. The van der Waals surface area contributed by atoms with Crippen LogP contribution in [0.1, 0.15) is 0 Å². The Hall–Kier alpha value is 0.668. The Morgan fingerprint density at radius 2 is 1.56 bits per heavy atom. The Balaban J connectivity index is 2.12. The van der Waals surface area contributed by atoms with Gasteiger partial charge in [-0.3, -0.25) is 0 Å². The first-order chi connectivity index (χ1) is 4.39. The lowest BCUT2D eigenvalue weighted by molar-refractivity contribution is 0.256. The molecule has 0 saturated carbocycles. The van der Waals surface area contributed by atoms with Crippen molar-refractivity contribution in [2.24, 2.45) is 0 Å². The Bertz CT molecular complexity index is 67.4. The third-order valence-electron chi connectivity index (χ3n) is 0.755. The summed E-state index contributed by atoms with van der Waals surface area (Å²) >= 11 is 0. The Labute approximate surface area is 61.4 Å². The molecular formula is H8O5Si4. The zero-order valence-corrected chi connectivity index (χ0v) is 10.2. The van der Waals surface area contributed by atoms with Crippen LogP contribution in [0.2, 0.25) is 0 Å². The molecule has 1 heterocycles. The maximum atomic E-state index is 8.83. The summed E-state index contributed by atoms with van der Waals surface area (Å²) in [4.78, 5) is 8.83. The number of rotatable bonds is 0. The van der Waals surface area contributed by atoms with Gasteiger partial charge in [0, 0.05) is 0 Å². The highest BCUT2D eigenvalue weighted by Gasteiger charge is 2.11. The van der Waals surface area contributed by atoms with Crippen molar-refractivity contribution in [3.63, 3.8) is 0 Å². The summed E-state index contributed by atoms with van der Waals surface area (Å²) in [5.41, 5.74) is 0. The van der Waals surface area contributed by atoms with E-state index < -0.39 is 39.5 Å². The molecule has 0 bridgehead atoms. The average Bonchev–Trinajstić information content (AvgIpc) is 1.79. The molecule has 0 aromatic heterocycles. The second-order valence-corrected chi connectivity index (χ2v) is 8.66. The molecule has 0 aromatic rings. The lowest BCUT2D eigenvalue weighted by Gasteiger charge is -2.14. The minimum absolute atomic E-state index is 0.787. The smallest absolute Gasteiger partial charge is 0.425 e. The predicted molar refractivity (Wildman–Crippen MR) is 39.3 cm³/mol. The van der Waals surface area contributed by atoms with Crippen LogP contribution >= 0.6 is 0 Å². The molecule has 9 heteroatoms. The summed E-state index contributed by atoms with van der Waals surface area (Å²) < 4.78 is 19.7. The van der Waals surface area contributed by atoms with Crippen molar-refractivity contribution in [2.45, 2.75) is 0 Å². The van der Waals surface area contributed by atoms with Crippen molar-refractivity contribution >= 4 is 39.5 Å². The van der Waals surface area contributed by atoms with E-state index in [0.29, 0.717) is 0 Å². The third kappa shape index (κ3) is 3.39. The van der Waals surface area contributed by atoms with Crippen LogP contribution in [0.15, 0.2) is 0 Å². The van der Waals surface area contributed by atoms with Gasteiger partial charge < -0.3 is 21.3 Å². The lowest BCUT2D eigenvalue weighted by Crippen LogP contribution is -2.33. The van der Waals surface area contributed by atoms with E-state index in [1.807, 2.05) is 0 Å². The van der Waals surface area contributed by atoms with Crippen LogP contribution in [0.4, 0.5) is 0 Å². The molecule has 0 spiro atoms. The van der Waals surface area contributed by atoms with Crippen LogP contribution in [0.5, 0.6) is 0 Å². The highest BCUT2D eigenvalue weighted by molar-refractivity contribution is 6.55. The van der Waals surface area contributed by atoms with Crippen LogP contribution in [-0.2, 0) is 16.5 Å². The fourth-order valence-electron chi connectivity index (χ4n) is 0.388. The highest BCUT2D eigenvalue weighted by atomic mass is 28.4. The van der Waals surface area contributed by atoms with Crippen molar-refractivity contribution < 1.29 is 21.3 Å². The van der Waals surface area contributed by atoms with Crippen LogP contribution < -0.4 is 0 Å². The van der Waals surface area contributed by atoms with Gasteiger partial charge in [-0.05, 0) is 0 Å². The molecule has 1 fully saturated rings. The van der Waals surface area contributed by atoms with Crippen molar-refractivity contribution in [3.8, 4) is 0 Å². The van der Waals surface area contributed by atoms with E-state index in [1.165, 1.54) is 0 Å². The monoisotopic (exact) mass is 200 g/mol. The zero-order chi connectivity index (χ0) is 6.53. The summed E-state index contributed by atoms with van der Waals surface area (Å²) in [5.74, 6) is 0. The van der Waals surface area contributed by atoms with E-state index in [4.69, 9.17) is 21.3 Å². The molecule has 9 heavy (non-hydrogen) atoms. The van der Waals surface area contributed by atoms with Gasteiger partial charge in [0.05, 0.1) is 0 Å². The first-order valence-corrected chi connectivity index (χ1v) is 7.38. The Morgan fingerprint density at radius 3 is 2.11 bits per heavy atom. The van der Waals surface area contributed by atoms with Crippen molar-refractivity contribution in [1.29, 1.82) is 0 Å². The van der Waals surface area contributed by atoms with Gasteiger partial charge in [0.1, 0.15) is 0 Å². The van der Waals surface area contributed by atoms with Gasteiger partial charge >= 0.3 is 9.53 Å². The van der Waals surface area contributed by atoms with E-state index in [2.05, 4.69) is 0 Å². The molecule has 0 radical (unpaired) electrons. The molecule has 0 amide bonds. The van der Waals surface area contributed by atoms with Crippen molar-refractivity contribution in [2.75, 3.05) is 0 Å². The predicted octanol–water partition coefficient (Wildman–Crippen LogP) is -4.23. The molecule has 0 aliphatic carbocycles. The van der Waals surface area contributed by atoms with Crippen LogP contribution in [0, 0.1) is 0 Å². The second kappa shape index (κ2) is 4.48. The first-order valence-electron chi connectivity index (χ1n) is 2.46. The maximum absolute atomic E-state index is 8.83. The molecule has 5 nitrogen and oxygen atoms in total. The second-order valence-electron chi connectivity index (χ2n) is 1.40. The first kappa shape index (κ1) is 7.77. The minimum Gasteiger partial charge on any atom is -0.425 e. The SMILES string of the molecule is O[SiH]1O[SiH2]O[SiH2]O[SiH2]O1. The Kier molecular flexibility index (Phi) is 3.87. The lowest BCUT2D eigenvalue weighted by atomic mass is 15.7. The normalized spacial score (nSPS) is 39.0. The zero-order valence-electron chi connectivity index (χ0n) is 4.78. The standard InChI is InChI=1S/H8O5Si4/c1-9-4-7-2-6-3-8-5-9/h1,9H,6-8H2. The summed E-state index contributed by atoms with van der Waals surface area (Å²) in [6, 6.07) is 0. The van der Waals surface area contributed by atoms with Gasteiger partial charge in [0.2, 0.25) is 0 Å². The van der Waals surface area contributed by atoms with Gasteiger partial charge in [0.15, 0.2) is 0 Å². The molecule has 0 aromatic carbocycles. The van der Waals surface area contributed by atoms with Gasteiger partial charge in [-0.15, -0.1) is 0 Å². The van der Waals surface area contributed by atoms with Crippen LogP contribution in [-0.4, -0.2) is 44.3 Å². The molecule has 1 rings (SSSR count). The van der Waals surface area contributed by atoms with Crippen molar-refractivity contribution in [3.05, 3.63) is 0 Å². The molecule has 54 valence electrons. The van der Waals surface area contributed by atoms with Crippen molar-refractivity contribution in [1.82, 2.24) is 0 Å². The number of hydrogen-bond donors (Lipinski definition) is 1. The number of hydrogen-bond acceptors (Lipinski definition) is 5.